The van der Waals surface area contributed by atoms with E-state index in [0.29, 0.717) is 54.0 Å². The van der Waals surface area contributed by atoms with Crippen molar-refractivity contribution in [2.75, 3.05) is 20.3 Å². The minimum Gasteiger partial charge on any atom is -0.497 e. The van der Waals surface area contributed by atoms with Gasteiger partial charge in [-0.1, -0.05) is 40.5 Å². The number of aliphatic imine (C=N–C) groups is 2. The molecule has 3 rings (SSSR count). The molecule has 6 heteroatoms. The maximum atomic E-state index is 5.82. The van der Waals surface area contributed by atoms with Crippen LogP contribution in [0.5, 0.6) is 5.75 Å². The molecular weight excluding hydrogens is 330 g/mol. The number of pyridine rings is 1. The van der Waals surface area contributed by atoms with Crippen LogP contribution in [0, 0.1) is 11.8 Å². The van der Waals surface area contributed by atoms with Gasteiger partial charge in [0.05, 0.1) is 19.2 Å². The smallest absolute Gasteiger partial charge is 0.235 e. The van der Waals surface area contributed by atoms with Crippen LogP contribution in [0.25, 0.3) is 0 Å². The van der Waals surface area contributed by atoms with Crippen LogP contribution in [0.15, 0.2) is 22.1 Å². The van der Waals surface area contributed by atoms with Crippen LogP contribution in [0.4, 0.5) is 0 Å². The summed E-state index contributed by atoms with van der Waals surface area (Å²) in [4.78, 5) is 14.1. The second-order valence-electron chi connectivity index (χ2n) is 7.17. The molecule has 6 nitrogen and oxygen atoms in total. The van der Waals surface area contributed by atoms with Crippen LogP contribution < -0.4 is 4.74 Å². The maximum Gasteiger partial charge on any atom is 0.235 e. The lowest BCUT2D eigenvalue weighted by Gasteiger charge is -2.11. The molecule has 142 valence electrons. The second kappa shape index (κ2) is 8.06. The van der Waals surface area contributed by atoms with Gasteiger partial charge in [-0.3, -0.25) is 0 Å². The number of aromatic nitrogens is 1. The number of nitrogens with zero attached hydrogens (tertiary/aromatic N) is 3. The summed E-state index contributed by atoms with van der Waals surface area (Å²) in [5.41, 5.74) is 1.34. The number of rotatable bonds is 7. The highest BCUT2D eigenvalue weighted by atomic mass is 16.5. The molecule has 0 aliphatic carbocycles. The van der Waals surface area contributed by atoms with Crippen LogP contribution in [0.3, 0.4) is 0 Å². The summed E-state index contributed by atoms with van der Waals surface area (Å²) in [7, 11) is 1.64. The Balaban J connectivity index is 1.89. The molecule has 0 unspecified atom stereocenters. The van der Waals surface area contributed by atoms with Gasteiger partial charge in [0, 0.05) is 12.1 Å². The van der Waals surface area contributed by atoms with Gasteiger partial charge in [0.25, 0.3) is 0 Å². The zero-order chi connectivity index (χ0) is 18.7. The number of hydrogen-bond donors (Lipinski definition) is 0. The molecule has 2 aliphatic heterocycles. The van der Waals surface area contributed by atoms with Gasteiger partial charge in [-0.15, -0.1) is 0 Å². The Bertz CT molecular complexity index is 647. The van der Waals surface area contributed by atoms with Crippen molar-refractivity contribution in [3.8, 4) is 5.75 Å². The molecule has 0 saturated carbocycles. The average molecular weight is 359 g/mol. The monoisotopic (exact) mass is 359 g/mol. The van der Waals surface area contributed by atoms with Gasteiger partial charge in [0.15, 0.2) is 0 Å². The molecule has 0 saturated heterocycles. The summed E-state index contributed by atoms with van der Waals surface area (Å²) < 4.78 is 17.1. The average Bonchev–Trinajstić information content (AvgIpc) is 3.36. The molecule has 0 N–H and O–H groups in total. The molecule has 4 atom stereocenters. The third-order valence-corrected chi connectivity index (χ3v) is 5.42. The molecule has 2 aliphatic rings. The van der Waals surface area contributed by atoms with E-state index in [2.05, 4.69) is 27.7 Å². The molecule has 26 heavy (non-hydrogen) atoms. The fourth-order valence-corrected chi connectivity index (χ4v) is 3.03. The third kappa shape index (κ3) is 3.84. The fourth-order valence-electron chi connectivity index (χ4n) is 3.03. The molecule has 0 amide bonds. The molecule has 1 aromatic heterocycles. The summed E-state index contributed by atoms with van der Waals surface area (Å²) in [5.74, 6) is 2.81. The van der Waals surface area contributed by atoms with E-state index in [1.165, 1.54) is 0 Å². The Kier molecular flexibility index (Phi) is 5.79. The summed E-state index contributed by atoms with van der Waals surface area (Å²) in [6, 6.07) is 4.06. The van der Waals surface area contributed by atoms with E-state index < -0.39 is 0 Å². The standard InChI is InChI=1S/C20H29N3O3/c1-6-12(3)17-10-25-19(22-17)15-8-14(24-5)9-16(21-15)20-23-18(11-26-20)13(4)7-2/h8-9,12-13,17-18H,6-7,10-11H2,1-5H3/t12-,13+,17-,18-/m1/s1. The Hall–Kier alpha value is -2.11. The third-order valence-electron chi connectivity index (χ3n) is 5.42. The summed E-state index contributed by atoms with van der Waals surface area (Å²) >= 11 is 0. The Labute approximate surface area is 155 Å². The Morgan fingerprint density at radius 2 is 1.42 bits per heavy atom. The van der Waals surface area contributed by atoms with E-state index in [9.17, 15) is 0 Å². The van der Waals surface area contributed by atoms with Crippen molar-refractivity contribution in [3.63, 3.8) is 0 Å². The first-order valence-electron chi connectivity index (χ1n) is 9.53. The predicted octanol–water partition coefficient (Wildman–Crippen LogP) is 3.47. The van der Waals surface area contributed by atoms with E-state index in [1.54, 1.807) is 7.11 Å². The van der Waals surface area contributed by atoms with E-state index >= 15 is 0 Å². The first kappa shape index (κ1) is 18.7. The molecule has 0 radical (unpaired) electrons. The molecule has 0 spiro atoms. The van der Waals surface area contributed by atoms with Crippen LogP contribution in [-0.2, 0) is 9.47 Å². The van der Waals surface area contributed by atoms with Gasteiger partial charge >= 0.3 is 0 Å². The highest BCUT2D eigenvalue weighted by molar-refractivity contribution is 5.98. The van der Waals surface area contributed by atoms with Crippen molar-refractivity contribution in [2.45, 2.75) is 52.6 Å². The zero-order valence-electron chi connectivity index (χ0n) is 16.4. The summed E-state index contributed by atoms with van der Waals surface area (Å²) in [6.45, 7) is 9.94. The van der Waals surface area contributed by atoms with Crippen LogP contribution in [0.1, 0.15) is 51.9 Å². The van der Waals surface area contributed by atoms with Gasteiger partial charge in [0.1, 0.15) is 30.4 Å². The van der Waals surface area contributed by atoms with Crippen molar-refractivity contribution in [1.82, 2.24) is 4.98 Å². The minimum atomic E-state index is 0.182. The molecule has 3 heterocycles. The number of methoxy groups -OCH3 is 1. The lowest BCUT2D eigenvalue weighted by Crippen LogP contribution is -2.16. The van der Waals surface area contributed by atoms with E-state index in [4.69, 9.17) is 29.2 Å². The SMILES string of the molecule is CC[C@@H](C)[C@H]1COC(c2cc(OC)cc(C3=N[C@@H]([C@@H](C)CC)CO3)n2)=N1. The van der Waals surface area contributed by atoms with E-state index in [-0.39, 0.29) is 12.1 Å². The van der Waals surface area contributed by atoms with E-state index in [1.807, 2.05) is 12.1 Å². The highest BCUT2D eigenvalue weighted by Crippen LogP contribution is 2.24. The fraction of sp³-hybridized carbons (Fsp3) is 0.650. The zero-order valence-corrected chi connectivity index (χ0v) is 16.4. The second-order valence-corrected chi connectivity index (χ2v) is 7.17. The Morgan fingerprint density at radius 3 is 1.81 bits per heavy atom. The maximum absolute atomic E-state index is 5.82. The van der Waals surface area contributed by atoms with Gasteiger partial charge in [-0.25, -0.2) is 15.0 Å². The molecule has 1 aromatic rings. The lowest BCUT2D eigenvalue weighted by molar-refractivity contribution is 0.280. The van der Waals surface area contributed by atoms with Gasteiger partial charge < -0.3 is 14.2 Å². The van der Waals surface area contributed by atoms with Crippen molar-refractivity contribution < 1.29 is 14.2 Å². The lowest BCUT2D eigenvalue weighted by atomic mass is 10.0. The quantitative estimate of drug-likeness (QED) is 0.748. The molecular formula is C20H29N3O3. The Morgan fingerprint density at radius 1 is 0.962 bits per heavy atom. The van der Waals surface area contributed by atoms with Crippen molar-refractivity contribution >= 4 is 11.8 Å². The summed E-state index contributed by atoms with van der Waals surface area (Å²) in [6.07, 6.45) is 2.15. The van der Waals surface area contributed by atoms with Crippen molar-refractivity contribution in [1.29, 1.82) is 0 Å². The van der Waals surface area contributed by atoms with Crippen molar-refractivity contribution in [3.05, 3.63) is 23.5 Å². The van der Waals surface area contributed by atoms with Crippen LogP contribution >= 0.6 is 0 Å². The normalized spacial score (nSPS) is 24.3. The topological polar surface area (TPSA) is 65.3 Å². The molecule has 0 bridgehead atoms. The molecule has 0 fully saturated rings. The minimum absolute atomic E-state index is 0.182. The summed E-state index contributed by atoms with van der Waals surface area (Å²) in [5, 5.41) is 0. The number of hydrogen-bond acceptors (Lipinski definition) is 6. The highest BCUT2D eigenvalue weighted by Gasteiger charge is 2.28. The first-order valence-corrected chi connectivity index (χ1v) is 9.53. The molecule has 0 aromatic carbocycles. The number of ether oxygens (including phenoxy) is 3. The van der Waals surface area contributed by atoms with Crippen molar-refractivity contribution in [2.24, 2.45) is 21.8 Å². The first-order chi connectivity index (χ1) is 12.5. The van der Waals surface area contributed by atoms with Gasteiger partial charge in [-0.2, -0.15) is 0 Å². The predicted molar refractivity (Wildman–Crippen MR) is 102 cm³/mol. The van der Waals surface area contributed by atoms with Gasteiger partial charge in [0.2, 0.25) is 11.8 Å². The van der Waals surface area contributed by atoms with E-state index in [0.717, 1.165) is 12.8 Å². The largest absolute Gasteiger partial charge is 0.497 e. The van der Waals surface area contributed by atoms with Crippen LogP contribution in [-0.4, -0.2) is 49.2 Å². The van der Waals surface area contributed by atoms with Gasteiger partial charge in [-0.05, 0) is 11.8 Å². The van der Waals surface area contributed by atoms with Crippen LogP contribution in [0.2, 0.25) is 0 Å².